The van der Waals surface area contributed by atoms with E-state index in [-0.39, 0.29) is 11.1 Å². The fourth-order valence-corrected chi connectivity index (χ4v) is 4.15. The van der Waals surface area contributed by atoms with Crippen molar-refractivity contribution in [1.82, 2.24) is 19.5 Å². The van der Waals surface area contributed by atoms with Crippen molar-refractivity contribution in [3.63, 3.8) is 0 Å². The molecular weight excluding hydrogens is 422 g/mol. The summed E-state index contributed by atoms with van der Waals surface area (Å²) in [7, 11) is 0. The summed E-state index contributed by atoms with van der Waals surface area (Å²) >= 11 is 7.75. The van der Waals surface area contributed by atoms with E-state index in [1.165, 1.54) is 20.2 Å². The van der Waals surface area contributed by atoms with Gasteiger partial charge in [0.2, 0.25) is 5.95 Å². The average Bonchev–Trinajstić information content (AvgIpc) is 3.15. The van der Waals surface area contributed by atoms with Crippen LogP contribution in [0.4, 0.5) is 5.95 Å². The van der Waals surface area contributed by atoms with Crippen LogP contribution in [-0.4, -0.2) is 60.8 Å². The van der Waals surface area contributed by atoms with Crippen molar-refractivity contribution < 1.29 is 23.8 Å². The number of hydrogen-bond acceptors (Lipinski definition) is 10. The van der Waals surface area contributed by atoms with Crippen LogP contribution in [0, 0.1) is 0 Å². The summed E-state index contributed by atoms with van der Waals surface area (Å²) in [6.45, 7) is 6.67. The Kier molecular flexibility index (Phi) is 6.49. The van der Waals surface area contributed by atoms with Crippen molar-refractivity contribution >= 4 is 52.4 Å². The molecule has 4 atom stereocenters. The predicted octanol–water partition coefficient (Wildman–Crippen LogP) is 1.96. The molecule has 0 aromatic carbocycles. The van der Waals surface area contributed by atoms with Gasteiger partial charge >= 0.3 is 11.9 Å². The molecule has 0 aliphatic carbocycles. The van der Waals surface area contributed by atoms with Crippen molar-refractivity contribution in [2.24, 2.45) is 0 Å². The Hall–Kier alpha value is -2.11. The van der Waals surface area contributed by atoms with Crippen molar-refractivity contribution in [2.75, 3.05) is 11.5 Å². The highest BCUT2D eigenvalue weighted by molar-refractivity contribution is 7.99. The number of aromatic nitrogens is 4. The van der Waals surface area contributed by atoms with Crippen molar-refractivity contribution in [2.45, 2.75) is 57.5 Å². The van der Waals surface area contributed by atoms with E-state index in [0.29, 0.717) is 22.2 Å². The number of imidazole rings is 1. The van der Waals surface area contributed by atoms with Crippen LogP contribution in [0.1, 0.15) is 33.9 Å². The van der Waals surface area contributed by atoms with Gasteiger partial charge in [-0.25, -0.2) is 4.98 Å². The third-order valence-electron chi connectivity index (χ3n) is 4.15. The maximum absolute atomic E-state index is 11.8. The lowest BCUT2D eigenvalue weighted by atomic mass is 10.1. The van der Waals surface area contributed by atoms with Crippen LogP contribution in [0.25, 0.3) is 11.2 Å². The molecule has 158 valence electrons. The summed E-state index contributed by atoms with van der Waals surface area (Å²) in [5.41, 5.74) is 6.37. The molecule has 0 unspecified atom stereocenters. The first kappa shape index (κ1) is 21.6. The summed E-state index contributed by atoms with van der Waals surface area (Å²) in [6, 6.07) is 0. The second-order valence-corrected chi connectivity index (χ2v) is 8.76. The molecule has 0 spiro atoms. The second-order valence-electron chi connectivity index (χ2n) is 6.79. The number of nitrogens with zero attached hydrogens (tertiary/aromatic N) is 4. The third-order valence-corrected chi connectivity index (χ3v) is 5.60. The number of carbonyl (C=O) groups excluding carboxylic acids is 2. The summed E-state index contributed by atoms with van der Waals surface area (Å²) in [5, 5.41) is 0.431. The molecular formula is C17H22ClN5O5S. The minimum Gasteiger partial charge on any atom is -0.456 e. The van der Waals surface area contributed by atoms with E-state index in [9.17, 15) is 9.59 Å². The minimum atomic E-state index is -0.901. The number of fused-ring (bicyclic) bond motifs is 1. The first-order valence-corrected chi connectivity index (χ1v) is 10.4. The Morgan fingerprint density at radius 2 is 1.93 bits per heavy atom. The normalized spacial score (nSPS) is 24.2. The quantitative estimate of drug-likeness (QED) is 0.521. The average molecular weight is 444 g/mol. The highest BCUT2D eigenvalue weighted by atomic mass is 35.5. The lowest BCUT2D eigenvalue weighted by Crippen LogP contribution is -2.39. The number of halogens is 1. The molecule has 1 fully saturated rings. The van der Waals surface area contributed by atoms with E-state index in [0.717, 1.165) is 0 Å². The van der Waals surface area contributed by atoms with Crippen LogP contribution >= 0.6 is 23.4 Å². The van der Waals surface area contributed by atoms with E-state index >= 15 is 0 Å². The zero-order valence-corrected chi connectivity index (χ0v) is 17.9. The lowest BCUT2D eigenvalue weighted by Gasteiger charge is -2.24. The van der Waals surface area contributed by atoms with Crippen LogP contribution in [0.2, 0.25) is 5.15 Å². The summed E-state index contributed by atoms with van der Waals surface area (Å²) in [6.07, 6.45) is -1.58. The van der Waals surface area contributed by atoms with Gasteiger partial charge in [-0.2, -0.15) is 21.7 Å². The number of rotatable bonds is 6. The lowest BCUT2D eigenvalue weighted by molar-refractivity contribution is -0.165. The highest BCUT2D eigenvalue weighted by Gasteiger charge is 2.50. The molecule has 3 heterocycles. The standard InChI is InChI=1S/C17H22ClN5O5S/c1-7(2)29-5-10-12(26-8(3)24)13(27-9(4)25)16(28-10)23-6-20-11-14(18)21-17(19)22-15(11)23/h6-7,10,12-13,16H,5H2,1-4H3,(H2,19,21,22)/t10-,12-,13-,16-/m1/s1. The van der Waals surface area contributed by atoms with Crippen LogP contribution in [-0.2, 0) is 23.8 Å². The van der Waals surface area contributed by atoms with Crippen molar-refractivity contribution in [3.8, 4) is 0 Å². The molecule has 10 nitrogen and oxygen atoms in total. The van der Waals surface area contributed by atoms with E-state index in [2.05, 4.69) is 15.0 Å². The predicted molar refractivity (Wildman–Crippen MR) is 107 cm³/mol. The number of hydrogen-bond donors (Lipinski definition) is 1. The molecule has 1 saturated heterocycles. The topological polar surface area (TPSA) is 131 Å². The summed E-state index contributed by atoms with van der Waals surface area (Å²) in [4.78, 5) is 35.8. The Labute approximate surface area is 176 Å². The van der Waals surface area contributed by atoms with E-state index in [1.54, 1.807) is 16.3 Å². The Bertz CT molecular complexity index is 923. The number of ether oxygens (including phenoxy) is 3. The zero-order chi connectivity index (χ0) is 21.3. The molecule has 3 rings (SSSR count). The maximum Gasteiger partial charge on any atom is 0.303 e. The number of thioether (sulfide) groups is 1. The smallest absolute Gasteiger partial charge is 0.303 e. The number of carbonyl (C=O) groups is 2. The highest BCUT2D eigenvalue weighted by Crippen LogP contribution is 2.37. The SMILES string of the molecule is CC(=O)O[C@@H]1[C@H](OC(C)=O)[C@@H](CSC(C)C)O[C@H]1n1cnc2c(Cl)nc(N)nc21. The number of esters is 2. The number of nitrogens with two attached hydrogens (primary N) is 1. The molecule has 0 amide bonds. The van der Waals surface area contributed by atoms with Gasteiger partial charge in [0, 0.05) is 19.6 Å². The minimum absolute atomic E-state index is 0.0327. The Morgan fingerprint density at radius 1 is 1.28 bits per heavy atom. The number of anilines is 1. The van der Waals surface area contributed by atoms with Crippen LogP contribution in [0.15, 0.2) is 6.33 Å². The summed E-state index contributed by atoms with van der Waals surface area (Å²) in [5.74, 6) is -0.528. The molecule has 1 aliphatic rings. The van der Waals surface area contributed by atoms with Gasteiger partial charge in [-0.15, -0.1) is 0 Å². The molecule has 2 aromatic rings. The van der Waals surface area contributed by atoms with Crippen molar-refractivity contribution in [3.05, 3.63) is 11.5 Å². The first-order chi connectivity index (χ1) is 13.7. The molecule has 0 radical (unpaired) electrons. The van der Waals surface area contributed by atoms with Crippen molar-refractivity contribution in [1.29, 1.82) is 0 Å². The van der Waals surface area contributed by atoms with Gasteiger partial charge in [-0.1, -0.05) is 25.4 Å². The van der Waals surface area contributed by atoms with E-state index < -0.39 is 36.5 Å². The van der Waals surface area contributed by atoms with Gasteiger partial charge in [0.1, 0.15) is 11.6 Å². The Morgan fingerprint density at radius 3 is 2.55 bits per heavy atom. The van der Waals surface area contributed by atoms with Crippen LogP contribution < -0.4 is 5.73 Å². The first-order valence-electron chi connectivity index (χ1n) is 8.94. The zero-order valence-electron chi connectivity index (χ0n) is 16.4. The largest absolute Gasteiger partial charge is 0.456 e. The van der Waals surface area contributed by atoms with Gasteiger partial charge in [0.25, 0.3) is 0 Å². The van der Waals surface area contributed by atoms with Crippen LogP contribution in [0.3, 0.4) is 0 Å². The Balaban J connectivity index is 2.03. The van der Waals surface area contributed by atoms with Gasteiger partial charge in [-0.3, -0.25) is 14.2 Å². The molecule has 12 heteroatoms. The monoisotopic (exact) mass is 443 g/mol. The number of nitrogen functional groups attached to an aromatic ring is 1. The molecule has 2 aromatic heterocycles. The second kappa shape index (κ2) is 8.72. The van der Waals surface area contributed by atoms with Crippen LogP contribution in [0.5, 0.6) is 0 Å². The van der Waals surface area contributed by atoms with E-state index in [1.807, 2.05) is 13.8 Å². The molecule has 29 heavy (non-hydrogen) atoms. The van der Waals surface area contributed by atoms with Gasteiger partial charge in [0.15, 0.2) is 29.2 Å². The summed E-state index contributed by atoms with van der Waals surface area (Å²) < 4.78 is 18.7. The fourth-order valence-electron chi connectivity index (χ4n) is 3.09. The van der Waals surface area contributed by atoms with Gasteiger partial charge in [0.05, 0.1) is 6.33 Å². The third kappa shape index (κ3) is 4.73. The molecule has 0 saturated carbocycles. The molecule has 1 aliphatic heterocycles. The van der Waals surface area contributed by atoms with Gasteiger partial charge in [-0.05, 0) is 5.25 Å². The van der Waals surface area contributed by atoms with E-state index in [4.69, 9.17) is 31.5 Å². The maximum atomic E-state index is 11.8. The fraction of sp³-hybridized carbons (Fsp3) is 0.588. The molecule has 2 N–H and O–H groups in total. The van der Waals surface area contributed by atoms with Gasteiger partial charge < -0.3 is 19.9 Å². The molecule has 0 bridgehead atoms.